The molecule has 0 saturated heterocycles. The van der Waals surface area contributed by atoms with Gasteiger partial charge in [0.05, 0.1) is 12.7 Å². The van der Waals surface area contributed by atoms with E-state index in [2.05, 4.69) is 24.1 Å². The van der Waals surface area contributed by atoms with Gasteiger partial charge in [-0.15, -0.1) is 0 Å². The summed E-state index contributed by atoms with van der Waals surface area (Å²) in [6, 6.07) is 0.452. The Labute approximate surface area is 97.4 Å². The van der Waals surface area contributed by atoms with Gasteiger partial charge in [-0.3, -0.25) is 0 Å². The molecule has 4 nitrogen and oxygen atoms in total. The lowest BCUT2D eigenvalue weighted by atomic mass is 10.3. The number of hydrogen-bond acceptors (Lipinski definition) is 4. The Morgan fingerprint density at radius 1 is 1.50 bits per heavy atom. The molecule has 4 heteroatoms. The highest BCUT2D eigenvalue weighted by atomic mass is 16.5. The maximum absolute atomic E-state index is 5.59. The molecular formula is C12H22N2O2. The lowest BCUT2D eigenvalue weighted by molar-refractivity contribution is 0.144. The first-order valence-electron chi connectivity index (χ1n) is 5.97. The third kappa shape index (κ3) is 5.28. The summed E-state index contributed by atoms with van der Waals surface area (Å²) in [5, 5.41) is 3.27. The third-order valence-electron chi connectivity index (χ3n) is 2.18. The Morgan fingerprint density at radius 3 is 3.00 bits per heavy atom. The van der Waals surface area contributed by atoms with E-state index in [1.165, 1.54) is 0 Å². The number of ether oxygens (including phenoxy) is 1. The van der Waals surface area contributed by atoms with Gasteiger partial charge in [-0.25, -0.2) is 4.98 Å². The molecule has 1 rings (SSSR count). The predicted molar refractivity (Wildman–Crippen MR) is 63.3 cm³/mol. The minimum Gasteiger partial charge on any atom is -0.444 e. The fourth-order valence-corrected chi connectivity index (χ4v) is 1.33. The standard InChI is InChI=1S/C12H22N2O2/c1-4-15-7-5-6-11-8-14-12(16-11)9-13-10(2)3/h8,10,13H,4-7,9H2,1-3H3. The van der Waals surface area contributed by atoms with Gasteiger partial charge in [-0.2, -0.15) is 0 Å². The van der Waals surface area contributed by atoms with Gasteiger partial charge < -0.3 is 14.5 Å². The molecule has 1 heterocycles. The van der Waals surface area contributed by atoms with Crippen LogP contribution in [0.2, 0.25) is 0 Å². The summed E-state index contributed by atoms with van der Waals surface area (Å²) in [7, 11) is 0. The Bertz CT molecular complexity index is 284. The Hall–Kier alpha value is -0.870. The minimum absolute atomic E-state index is 0.452. The van der Waals surface area contributed by atoms with E-state index in [1.807, 2.05) is 13.1 Å². The van der Waals surface area contributed by atoms with Crippen LogP contribution < -0.4 is 5.32 Å². The number of hydrogen-bond donors (Lipinski definition) is 1. The van der Waals surface area contributed by atoms with Crippen molar-refractivity contribution in [3.63, 3.8) is 0 Å². The van der Waals surface area contributed by atoms with E-state index < -0.39 is 0 Å². The molecule has 0 aliphatic heterocycles. The first-order valence-corrected chi connectivity index (χ1v) is 5.97. The number of aryl methyl sites for hydroxylation is 1. The number of oxazole rings is 1. The predicted octanol–water partition coefficient (Wildman–Crippen LogP) is 2.14. The largest absolute Gasteiger partial charge is 0.444 e. The molecule has 0 saturated carbocycles. The van der Waals surface area contributed by atoms with Gasteiger partial charge in [0.15, 0.2) is 0 Å². The average molecular weight is 226 g/mol. The summed E-state index contributed by atoms with van der Waals surface area (Å²) in [5.41, 5.74) is 0. The summed E-state index contributed by atoms with van der Waals surface area (Å²) in [6.07, 6.45) is 3.69. The van der Waals surface area contributed by atoms with Crippen molar-refractivity contribution >= 4 is 0 Å². The molecule has 1 N–H and O–H groups in total. The van der Waals surface area contributed by atoms with Crippen LogP contribution in [-0.2, 0) is 17.7 Å². The zero-order chi connectivity index (χ0) is 11.8. The van der Waals surface area contributed by atoms with Gasteiger partial charge in [0.25, 0.3) is 0 Å². The summed E-state index contributed by atoms with van der Waals surface area (Å²) in [5.74, 6) is 1.71. The molecular weight excluding hydrogens is 204 g/mol. The van der Waals surface area contributed by atoms with E-state index in [9.17, 15) is 0 Å². The second kappa shape index (κ2) is 7.41. The lowest BCUT2D eigenvalue weighted by Crippen LogP contribution is -2.21. The molecule has 0 aromatic carbocycles. The maximum Gasteiger partial charge on any atom is 0.208 e. The SMILES string of the molecule is CCOCCCc1cnc(CNC(C)C)o1. The quantitative estimate of drug-likeness (QED) is 0.690. The third-order valence-corrected chi connectivity index (χ3v) is 2.18. The van der Waals surface area contributed by atoms with Gasteiger partial charge in [-0.05, 0) is 13.3 Å². The zero-order valence-corrected chi connectivity index (χ0v) is 10.5. The molecule has 0 spiro atoms. The van der Waals surface area contributed by atoms with Crippen LogP contribution >= 0.6 is 0 Å². The second-order valence-corrected chi connectivity index (χ2v) is 4.06. The van der Waals surface area contributed by atoms with Crippen molar-refractivity contribution in [2.45, 2.75) is 46.2 Å². The smallest absolute Gasteiger partial charge is 0.208 e. The Morgan fingerprint density at radius 2 is 2.31 bits per heavy atom. The highest BCUT2D eigenvalue weighted by Gasteiger charge is 2.04. The van der Waals surface area contributed by atoms with Crippen LogP contribution in [0.15, 0.2) is 10.6 Å². The maximum atomic E-state index is 5.59. The van der Waals surface area contributed by atoms with Crippen molar-refractivity contribution < 1.29 is 9.15 Å². The number of nitrogens with one attached hydrogen (secondary N) is 1. The fraction of sp³-hybridized carbons (Fsp3) is 0.750. The normalized spacial score (nSPS) is 11.2. The van der Waals surface area contributed by atoms with Crippen molar-refractivity contribution in [3.8, 4) is 0 Å². The molecule has 0 unspecified atom stereocenters. The molecule has 1 aromatic rings. The number of rotatable bonds is 8. The molecule has 0 atom stereocenters. The first kappa shape index (κ1) is 13.2. The summed E-state index contributed by atoms with van der Waals surface area (Å²) < 4.78 is 10.9. The van der Waals surface area contributed by atoms with Crippen molar-refractivity contribution in [2.75, 3.05) is 13.2 Å². The molecule has 0 aliphatic carbocycles. The van der Waals surface area contributed by atoms with E-state index >= 15 is 0 Å². The lowest BCUT2D eigenvalue weighted by Gasteiger charge is -2.04. The van der Waals surface area contributed by atoms with Crippen LogP contribution in [0, 0.1) is 0 Å². The molecule has 92 valence electrons. The van der Waals surface area contributed by atoms with E-state index in [-0.39, 0.29) is 0 Å². The van der Waals surface area contributed by atoms with Gasteiger partial charge >= 0.3 is 0 Å². The van der Waals surface area contributed by atoms with Gasteiger partial charge in [0.2, 0.25) is 5.89 Å². The fourth-order valence-electron chi connectivity index (χ4n) is 1.33. The molecule has 1 aromatic heterocycles. The van der Waals surface area contributed by atoms with E-state index in [1.54, 1.807) is 0 Å². The van der Waals surface area contributed by atoms with Crippen LogP contribution in [0.3, 0.4) is 0 Å². The van der Waals surface area contributed by atoms with Crippen LogP contribution in [0.5, 0.6) is 0 Å². The topological polar surface area (TPSA) is 47.3 Å². The van der Waals surface area contributed by atoms with Gasteiger partial charge in [-0.1, -0.05) is 13.8 Å². The van der Waals surface area contributed by atoms with Crippen molar-refractivity contribution in [3.05, 3.63) is 17.8 Å². The molecule has 0 amide bonds. The summed E-state index contributed by atoms with van der Waals surface area (Å²) >= 11 is 0. The zero-order valence-electron chi connectivity index (χ0n) is 10.5. The molecule has 0 fully saturated rings. The average Bonchev–Trinajstić information content (AvgIpc) is 2.70. The minimum atomic E-state index is 0.452. The van der Waals surface area contributed by atoms with Crippen molar-refractivity contribution in [2.24, 2.45) is 0 Å². The first-order chi connectivity index (χ1) is 7.72. The van der Waals surface area contributed by atoms with E-state index in [4.69, 9.17) is 9.15 Å². The Balaban J connectivity index is 2.22. The highest BCUT2D eigenvalue weighted by Crippen LogP contribution is 2.06. The monoisotopic (exact) mass is 226 g/mol. The summed E-state index contributed by atoms with van der Waals surface area (Å²) in [6.45, 7) is 8.47. The second-order valence-electron chi connectivity index (χ2n) is 4.06. The highest BCUT2D eigenvalue weighted by molar-refractivity contribution is 4.94. The van der Waals surface area contributed by atoms with Crippen molar-refractivity contribution in [1.29, 1.82) is 0 Å². The van der Waals surface area contributed by atoms with Gasteiger partial charge in [0, 0.05) is 25.7 Å². The molecule has 0 aliphatic rings. The van der Waals surface area contributed by atoms with Crippen LogP contribution in [0.4, 0.5) is 0 Å². The van der Waals surface area contributed by atoms with Crippen LogP contribution in [-0.4, -0.2) is 24.2 Å². The van der Waals surface area contributed by atoms with E-state index in [0.29, 0.717) is 12.6 Å². The molecule has 0 radical (unpaired) electrons. The van der Waals surface area contributed by atoms with Gasteiger partial charge in [0.1, 0.15) is 5.76 Å². The van der Waals surface area contributed by atoms with Crippen LogP contribution in [0.1, 0.15) is 38.8 Å². The Kier molecular flexibility index (Phi) is 6.11. The number of aromatic nitrogens is 1. The van der Waals surface area contributed by atoms with E-state index in [0.717, 1.165) is 37.7 Å². The van der Waals surface area contributed by atoms with Crippen molar-refractivity contribution in [1.82, 2.24) is 10.3 Å². The molecule has 0 bridgehead atoms. The summed E-state index contributed by atoms with van der Waals surface area (Å²) in [4.78, 5) is 4.22. The van der Waals surface area contributed by atoms with Crippen LogP contribution in [0.25, 0.3) is 0 Å². The molecule has 16 heavy (non-hydrogen) atoms. The number of nitrogens with zero attached hydrogens (tertiary/aromatic N) is 1.